The van der Waals surface area contributed by atoms with Crippen molar-refractivity contribution < 1.29 is 24.2 Å². The van der Waals surface area contributed by atoms with E-state index in [1.54, 1.807) is 36.4 Å². The summed E-state index contributed by atoms with van der Waals surface area (Å²) in [5.74, 6) is -0.417. The molecule has 0 aromatic heterocycles. The zero-order valence-corrected chi connectivity index (χ0v) is 15.8. The van der Waals surface area contributed by atoms with Crippen LogP contribution >= 0.6 is 0 Å². The summed E-state index contributed by atoms with van der Waals surface area (Å²) in [6.07, 6.45) is 3.44. The highest BCUT2D eigenvalue weighted by atomic mass is 16.6. The molecule has 0 spiro atoms. The van der Waals surface area contributed by atoms with Crippen LogP contribution < -0.4 is 10.6 Å². The van der Waals surface area contributed by atoms with Gasteiger partial charge in [0.25, 0.3) is 5.91 Å². The number of carbonyl (C=O) groups excluding carboxylic acids is 2. The predicted octanol–water partition coefficient (Wildman–Crippen LogP) is 3.72. The summed E-state index contributed by atoms with van der Waals surface area (Å²) < 4.78 is 9.77. The number of amides is 2. The summed E-state index contributed by atoms with van der Waals surface area (Å²) in [7, 11) is 1.52. The number of hydrogen-bond donors (Lipinski definition) is 3. The first-order chi connectivity index (χ1) is 13.6. The number of nitrogens with one attached hydrogen (secondary N) is 2. The molecule has 0 unspecified atom stereocenters. The van der Waals surface area contributed by atoms with Crippen molar-refractivity contribution in [3.05, 3.63) is 53.1 Å². The number of anilines is 2. The number of methoxy groups -OCH3 is 1. The molecule has 0 bridgehead atoms. The Morgan fingerprint density at radius 2 is 1.68 bits per heavy atom. The molecule has 3 rings (SSSR count). The van der Waals surface area contributed by atoms with E-state index in [4.69, 9.17) is 9.47 Å². The molecule has 1 aliphatic rings. The van der Waals surface area contributed by atoms with Crippen LogP contribution in [0.1, 0.15) is 34.3 Å². The van der Waals surface area contributed by atoms with E-state index < -0.39 is 12.0 Å². The van der Waals surface area contributed by atoms with Crippen LogP contribution in [0.4, 0.5) is 16.2 Å². The van der Waals surface area contributed by atoms with Gasteiger partial charge in [-0.1, -0.05) is 6.07 Å². The molecular formula is C21H24N2O5. The van der Waals surface area contributed by atoms with Gasteiger partial charge in [0.05, 0.1) is 12.2 Å². The number of rotatable bonds is 6. The van der Waals surface area contributed by atoms with Gasteiger partial charge in [0, 0.05) is 18.5 Å². The Kier molecular flexibility index (Phi) is 6.49. The number of phenolic OH excluding ortho intramolecular Hbond substituents is 1. The lowest BCUT2D eigenvalue weighted by molar-refractivity contribution is 0.102. The van der Waals surface area contributed by atoms with Gasteiger partial charge < -0.3 is 19.9 Å². The Labute approximate surface area is 163 Å². The number of aryl methyl sites for hydroxylation is 2. The molecule has 1 aliphatic carbocycles. The summed E-state index contributed by atoms with van der Waals surface area (Å²) in [6, 6.07) is 10.2. The van der Waals surface area contributed by atoms with Crippen LogP contribution in [0.3, 0.4) is 0 Å². The van der Waals surface area contributed by atoms with Gasteiger partial charge in [-0.15, -0.1) is 0 Å². The fourth-order valence-corrected chi connectivity index (χ4v) is 3.20. The molecule has 148 valence electrons. The summed E-state index contributed by atoms with van der Waals surface area (Å²) in [6.45, 7) is 0.462. The second-order valence-electron chi connectivity index (χ2n) is 6.63. The standard InChI is InChI=1S/C21H24N2O5/c1-27-9-10-28-21(26)23-17-8-4-7-16(13-17)22-20(25)18-11-14-5-2-3-6-15(14)12-19(18)24/h4,7-8,11-13,24H,2-3,5-6,9-10H2,1H3,(H,22,25)(H,23,26). The van der Waals surface area contributed by atoms with E-state index in [-0.39, 0.29) is 17.9 Å². The van der Waals surface area contributed by atoms with Gasteiger partial charge in [0.15, 0.2) is 0 Å². The highest BCUT2D eigenvalue weighted by molar-refractivity contribution is 6.06. The third kappa shape index (κ3) is 5.01. The first kappa shape index (κ1) is 19.7. The van der Waals surface area contributed by atoms with Crippen molar-refractivity contribution in [2.75, 3.05) is 31.0 Å². The molecule has 0 heterocycles. The fraction of sp³-hybridized carbons (Fsp3) is 0.333. The Morgan fingerprint density at radius 1 is 1.00 bits per heavy atom. The van der Waals surface area contributed by atoms with E-state index in [0.29, 0.717) is 18.0 Å². The van der Waals surface area contributed by atoms with Crippen molar-refractivity contribution in [3.63, 3.8) is 0 Å². The van der Waals surface area contributed by atoms with Gasteiger partial charge in [-0.3, -0.25) is 10.1 Å². The van der Waals surface area contributed by atoms with Crippen molar-refractivity contribution in [2.45, 2.75) is 25.7 Å². The van der Waals surface area contributed by atoms with Crippen molar-refractivity contribution >= 4 is 23.4 Å². The number of carbonyl (C=O) groups is 2. The smallest absolute Gasteiger partial charge is 0.411 e. The van der Waals surface area contributed by atoms with Crippen LogP contribution in [-0.2, 0) is 22.3 Å². The van der Waals surface area contributed by atoms with E-state index in [2.05, 4.69) is 10.6 Å². The number of benzene rings is 2. The minimum atomic E-state index is -0.604. The van der Waals surface area contributed by atoms with Crippen LogP contribution in [0, 0.1) is 0 Å². The largest absolute Gasteiger partial charge is 0.507 e. The first-order valence-electron chi connectivity index (χ1n) is 9.25. The molecule has 2 aromatic carbocycles. The lowest BCUT2D eigenvalue weighted by Crippen LogP contribution is -2.17. The lowest BCUT2D eigenvalue weighted by Gasteiger charge is -2.17. The summed E-state index contributed by atoms with van der Waals surface area (Å²) in [4.78, 5) is 24.3. The second kappa shape index (κ2) is 9.23. The maximum atomic E-state index is 12.6. The van der Waals surface area contributed by atoms with E-state index in [1.165, 1.54) is 7.11 Å². The number of aromatic hydroxyl groups is 1. The molecule has 2 aromatic rings. The number of hydrogen-bond acceptors (Lipinski definition) is 5. The number of ether oxygens (including phenoxy) is 2. The van der Waals surface area contributed by atoms with Gasteiger partial charge in [-0.05, 0) is 67.1 Å². The van der Waals surface area contributed by atoms with E-state index in [9.17, 15) is 14.7 Å². The SMILES string of the molecule is COCCOC(=O)Nc1cccc(NC(=O)c2cc3c(cc2O)CCCC3)c1. The van der Waals surface area contributed by atoms with E-state index in [0.717, 1.165) is 36.8 Å². The van der Waals surface area contributed by atoms with Crippen LogP contribution in [0.25, 0.3) is 0 Å². The molecule has 7 nitrogen and oxygen atoms in total. The molecular weight excluding hydrogens is 360 g/mol. The first-order valence-corrected chi connectivity index (χ1v) is 9.25. The molecule has 7 heteroatoms. The van der Waals surface area contributed by atoms with Gasteiger partial charge in [0.1, 0.15) is 12.4 Å². The minimum Gasteiger partial charge on any atom is -0.507 e. The molecule has 0 saturated heterocycles. The van der Waals surface area contributed by atoms with E-state index >= 15 is 0 Å². The van der Waals surface area contributed by atoms with Gasteiger partial charge in [-0.2, -0.15) is 0 Å². The number of fused-ring (bicyclic) bond motifs is 1. The topological polar surface area (TPSA) is 96.9 Å². The Hall–Kier alpha value is -3.06. The quantitative estimate of drug-likeness (QED) is 0.660. The third-order valence-corrected chi connectivity index (χ3v) is 4.59. The second-order valence-corrected chi connectivity index (χ2v) is 6.63. The molecule has 0 atom stereocenters. The summed E-state index contributed by atoms with van der Waals surface area (Å²) in [5.41, 5.74) is 3.45. The molecule has 0 saturated carbocycles. The molecule has 0 aliphatic heterocycles. The summed E-state index contributed by atoms with van der Waals surface area (Å²) >= 11 is 0. The van der Waals surface area contributed by atoms with Crippen molar-refractivity contribution in [1.82, 2.24) is 0 Å². The van der Waals surface area contributed by atoms with Gasteiger partial charge in [-0.25, -0.2) is 4.79 Å². The molecule has 28 heavy (non-hydrogen) atoms. The molecule has 0 radical (unpaired) electrons. The average Bonchev–Trinajstić information content (AvgIpc) is 2.68. The Balaban J connectivity index is 1.67. The van der Waals surface area contributed by atoms with Crippen LogP contribution in [0.2, 0.25) is 0 Å². The van der Waals surface area contributed by atoms with Crippen LogP contribution in [0.5, 0.6) is 5.75 Å². The summed E-state index contributed by atoms with van der Waals surface area (Å²) in [5, 5.41) is 15.6. The van der Waals surface area contributed by atoms with Crippen LogP contribution in [-0.4, -0.2) is 37.4 Å². The maximum Gasteiger partial charge on any atom is 0.411 e. The van der Waals surface area contributed by atoms with Crippen molar-refractivity contribution in [1.29, 1.82) is 0 Å². The molecule has 2 amide bonds. The maximum absolute atomic E-state index is 12.6. The normalized spacial score (nSPS) is 12.8. The molecule has 3 N–H and O–H groups in total. The minimum absolute atomic E-state index is 0.0193. The Morgan fingerprint density at radius 3 is 2.39 bits per heavy atom. The zero-order valence-electron chi connectivity index (χ0n) is 15.8. The molecule has 0 fully saturated rings. The third-order valence-electron chi connectivity index (χ3n) is 4.59. The van der Waals surface area contributed by atoms with Crippen molar-refractivity contribution in [2.24, 2.45) is 0 Å². The van der Waals surface area contributed by atoms with Gasteiger partial charge in [0.2, 0.25) is 0 Å². The Bertz CT molecular complexity index is 866. The number of phenols is 1. The zero-order chi connectivity index (χ0) is 19.9. The van der Waals surface area contributed by atoms with Gasteiger partial charge >= 0.3 is 6.09 Å². The van der Waals surface area contributed by atoms with E-state index in [1.807, 2.05) is 0 Å². The average molecular weight is 384 g/mol. The fourth-order valence-electron chi connectivity index (χ4n) is 3.20. The highest BCUT2D eigenvalue weighted by Gasteiger charge is 2.18. The van der Waals surface area contributed by atoms with Crippen LogP contribution in [0.15, 0.2) is 36.4 Å². The lowest BCUT2D eigenvalue weighted by atomic mass is 9.90. The predicted molar refractivity (Wildman–Crippen MR) is 106 cm³/mol. The monoisotopic (exact) mass is 384 g/mol. The highest BCUT2D eigenvalue weighted by Crippen LogP contribution is 2.29. The van der Waals surface area contributed by atoms with Crippen molar-refractivity contribution in [3.8, 4) is 5.75 Å².